The lowest BCUT2D eigenvalue weighted by Crippen LogP contribution is -2.45. The Morgan fingerprint density at radius 3 is 2.32 bits per heavy atom. The van der Waals surface area contributed by atoms with E-state index in [1.807, 2.05) is 57.2 Å². The Labute approximate surface area is 278 Å². The molecule has 4 aromatic rings. The number of aromatic nitrogens is 2. The van der Waals surface area contributed by atoms with Crippen LogP contribution >= 0.6 is 11.6 Å². The van der Waals surface area contributed by atoms with Gasteiger partial charge in [-0.25, -0.2) is 9.78 Å². The third kappa shape index (κ3) is 9.00. The zero-order valence-corrected chi connectivity index (χ0v) is 27.6. The molecule has 8 nitrogen and oxygen atoms in total. The number of anilines is 3. The number of rotatable bonds is 9. The second-order valence-corrected chi connectivity index (χ2v) is 12.3. The summed E-state index contributed by atoms with van der Waals surface area (Å²) in [6.07, 6.45) is -3.02. The van der Waals surface area contributed by atoms with E-state index < -0.39 is 17.8 Å². The molecule has 0 saturated carbocycles. The van der Waals surface area contributed by atoms with Gasteiger partial charge in [0.05, 0.1) is 12.1 Å². The number of carbonyl (C=O) groups is 1. The third-order valence-electron chi connectivity index (χ3n) is 8.16. The molecule has 12 heteroatoms. The molecule has 0 radical (unpaired) electrons. The van der Waals surface area contributed by atoms with Gasteiger partial charge in [0.1, 0.15) is 11.6 Å². The zero-order valence-electron chi connectivity index (χ0n) is 26.9. The molecule has 1 amide bonds. The van der Waals surface area contributed by atoms with Gasteiger partial charge in [0.15, 0.2) is 0 Å². The minimum atomic E-state index is -4.59. The van der Waals surface area contributed by atoms with E-state index in [0.29, 0.717) is 5.75 Å². The predicted molar refractivity (Wildman–Crippen MR) is 179 cm³/mol. The van der Waals surface area contributed by atoms with E-state index in [9.17, 15) is 18.0 Å². The number of halogens is 4. The van der Waals surface area contributed by atoms with Crippen LogP contribution in [-0.2, 0) is 19.1 Å². The summed E-state index contributed by atoms with van der Waals surface area (Å²) in [4.78, 5) is 28.6. The van der Waals surface area contributed by atoms with Gasteiger partial charge in [0.2, 0.25) is 5.95 Å². The van der Waals surface area contributed by atoms with Gasteiger partial charge in [-0.2, -0.15) is 18.2 Å². The largest absolute Gasteiger partial charge is 0.421 e. The SMILES string of the molecule is Cc1cc(C)c(OC(=O)N(Cc2cc(C(F)(F)F)ccc2Cl)c2ccnc(Nc3ccc(CCN4CCN(C)CC4)cc3)n2)c(C)c1. The first kappa shape index (κ1) is 34.2. The monoisotopic (exact) mass is 666 g/mol. The Morgan fingerprint density at radius 1 is 0.979 bits per heavy atom. The normalized spacial score (nSPS) is 14.2. The molecule has 1 aromatic heterocycles. The molecule has 0 spiro atoms. The lowest BCUT2D eigenvalue weighted by Gasteiger charge is -2.32. The first-order valence-electron chi connectivity index (χ1n) is 15.4. The second kappa shape index (κ2) is 14.7. The topological polar surface area (TPSA) is 73.8 Å². The number of piperazine rings is 1. The highest BCUT2D eigenvalue weighted by atomic mass is 35.5. The van der Waals surface area contributed by atoms with Crippen LogP contribution < -0.4 is 15.0 Å². The number of alkyl halides is 3. The minimum absolute atomic E-state index is 0.0682. The molecule has 1 fully saturated rings. The highest BCUT2D eigenvalue weighted by molar-refractivity contribution is 6.31. The summed E-state index contributed by atoms with van der Waals surface area (Å²) in [6, 6.07) is 16.2. The lowest BCUT2D eigenvalue weighted by atomic mass is 10.1. The first-order chi connectivity index (χ1) is 22.4. The second-order valence-electron chi connectivity index (χ2n) is 11.9. The lowest BCUT2D eigenvalue weighted by molar-refractivity contribution is -0.137. The van der Waals surface area contributed by atoms with E-state index in [1.165, 1.54) is 23.9 Å². The summed E-state index contributed by atoms with van der Waals surface area (Å²) in [5, 5.41) is 3.23. The number of hydrogen-bond donors (Lipinski definition) is 1. The molecule has 1 aliphatic rings. The number of likely N-dealkylation sites (N-methyl/N-ethyl adjacent to an activating group) is 1. The van der Waals surface area contributed by atoms with Gasteiger partial charge >= 0.3 is 12.3 Å². The van der Waals surface area contributed by atoms with Crippen molar-refractivity contribution in [3.8, 4) is 5.75 Å². The van der Waals surface area contributed by atoms with E-state index in [4.69, 9.17) is 16.3 Å². The standard InChI is InChI=1S/C35H38ClF3N6O2/c1-23-19-24(2)32(25(3)20-23)47-34(46)45(22-27-21-28(35(37,38)39)7-10-30(27)36)31-11-13-40-33(42-31)41-29-8-5-26(6-9-29)12-14-44-17-15-43(4)16-18-44/h5-11,13,19-21H,12,14-18,22H2,1-4H3,(H,40,41,42). The fourth-order valence-corrected chi connectivity index (χ4v) is 5.73. The molecule has 1 saturated heterocycles. The Hall–Kier alpha value is -4.19. The number of aryl methyl sites for hydroxylation is 3. The van der Waals surface area contributed by atoms with Gasteiger partial charge in [0.25, 0.3) is 0 Å². The first-order valence-corrected chi connectivity index (χ1v) is 15.8. The molecule has 1 aliphatic heterocycles. The molecule has 248 valence electrons. The van der Waals surface area contributed by atoms with E-state index in [1.54, 1.807) is 0 Å². The number of amides is 1. The van der Waals surface area contributed by atoms with Crippen molar-refractivity contribution in [3.63, 3.8) is 0 Å². The fraction of sp³-hybridized carbons (Fsp3) is 0.343. The molecule has 2 heterocycles. The van der Waals surface area contributed by atoms with Crippen LogP contribution in [0.1, 0.15) is 33.4 Å². The average Bonchev–Trinajstić information content (AvgIpc) is 3.02. The summed E-state index contributed by atoms with van der Waals surface area (Å²) < 4.78 is 46.6. The van der Waals surface area contributed by atoms with Crippen molar-refractivity contribution in [1.82, 2.24) is 19.8 Å². The van der Waals surface area contributed by atoms with Crippen LogP contribution in [0.4, 0.5) is 35.4 Å². The molecular weight excluding hydrogens is 629 g/mol. The molecule has 1 N–H and O–H groups in total. The fourth-order valence-electron chi connectivity index (χ4n) is 5.55. The van der Waals surface area contributed by atoms with Gasteiger partial charge in [-0.1, -0.05) is 41.4 Å². The third-order valence-corrected chi connectivity index (χ3v) is 8.52. The van der Waals surface area contributed by atoms with Crippen molar-refractivity contribution in [2.24, 2.45) is 0 Å². The number of nitrogens with one attached hydrogen (secondary N) is 1. The van der Waals surface area contributed by atoms with Crippen LogP contribution in [0.15, 0.2) is 66.9 Å². The Balaban J connectivity index is 1.37. The maximum absolute atomic E-state index is 13.8. The van der Waals surface area contributed by atoms with E-state index >= 15 is 0 Å². The number of ether oxygens (including phenoxy) is 1. The Morgan fingerprint density at radius 2 is 1.66 bits per heavy atom. The van der Waals surface area contributed by atoms with Crippen molar-refractivity contribution in [2.75, 3.05) is 50.0 Å². The van der Waals surface area contributed by atoms with Gasteiger partial charge in [0, 0.05) is 49.6 Å². The van der Waals surface area contributed by atoms with Crippen molar-refractivity contribution in [3.05, 3.63) is 105 Å². The molecule has 0 bridgehead atoms. The summed E-state index contributed by atoms with van der Waals surface area (Å²) in [6.45, 7) is 10.5. The maximum Gasteiger partial charge on any atom is 0.421 e. The van der Waals surface area contributed by atoms with E-state index in [0.717, 1.165) is 78.6 Å². The van der Waals surface area contributed by atoms with Crippen LogP contribution in [0.2, 0.25) is 5.02 Å². The molecule has 0 atom stereocenters. The predicted octanol–water partition coefficient (Wildman–Crippen LogP) is 7.81. The molecule has 3 aromatic carbocycles. The number of nitrogens with zero attached hydrogens (tertiary/aromatic N) is 5. The van der Waals surface area contributed by atoms with Crippen LogP contribution in [0.3, 0.4) is 0 Å². The molecule has 0 unspecified atom stereocenters. The highest BCUT2D eigenvalue weighted by Crippen LogP contribution is 2.33. The van der Waals surface area contributed by atoms with Gasteiger partial charge in [-0.15, -0.1) is 0 Å². The maximum atomic E-state index is 13.8. The van der Waals surface area contributed by atoms with Gasteiger partial charge in [-0.3, -0.25) is 4.90 Å². The summed E-state index contributed by atoms with van der Waals surface area (Å²) in [7, 11) is 2.14. The van der Waals surface area contributed by atoms with Gasteiger partial charge in [-0.05, 0) is 92.9 Å². The summed E-state index contributed by atoms with van der Waals surface area (Å²) in [5.41, 5.74) is 3.63. The van der Waals surface area contributed by atoms with Crippen molar-refractivity contribution in [1.29, 1.82) is 0 Å². The number of carbonyl (C=O) groups excluding carboxylic acids is 1. The zero-order chi connectivity index (χ0) is 33.7. The summed E-state index contributed by atoms with van der Waals surface area (Å²) in [5.74, 6) is 0.677. The molecule has 0 aliphatic carbocycles. The molecule has 47 heavy (non-hydrogen) atoms. The Bertz CT molecular complexity index is 1690. The minimum Gasteiger partial charge on any atom is -0.409 e. The van der Waals surface area contributed by atoms with E-state index in [2.05, 4.69) is 32.1 Å². The summed E-state index contributed by atoms with van der Waals surface area (Å²) >= 11 is 6.34. The average molecular weight is 667 g/mol. The quantitative estimate of drug-likeness (QED) is 0.195. The smallest absolute Gasteiger partial charge is 0.409 e. The molecular formula is C35H38ClF3N6O2. The number of benzene rings is 3. The van der Waals surface area contributed by atoms with Crippen LogP contribution in [0, 0.1) is 20.8 Å². The van der Waals surface area contributed by atoms with Gasteiger partial charge < -0.3 is 19.9 Å². The highest BCUT2D eigenvalue weighted by Gasteiger charge is 2.32. The Kier molecular flexibility index (Phi) is 10.7. The van der Waals surface area contributed by atoms with Crippen molar-refractivity contribution in [2.45, 2.75) is 39.9 Å². The molecule has 5 rings (SSSR count). The van der Waals surface area contributed by atoms with Crippen molar-refractivity contribution >= 4 is 35.1 Å². The van der Waals surface area contributed by atoms with Crippen LogP contribution in [-0.4, -0.2) is 65.6 Å². The number of hydrogen-bond acceptors (Lipinski definition) is 7. The van der Waals surface area contributed by atoms with Crippen molar-refractivity contribution < 1.29 is 22.7 Å². The van der Waals surface area contributed by atoms with Crippen LogP contribution in [0.25, 0.3) is 0 Å². The van der Waals surface area contributed by atoms with Crippen LogP contribution in [0.5, 0.6) is 5.75 Å². The van der Waals surface area contributed by atoms with E-state index in [-0.39, 0.29) is 28.9 Å².